The predicted molar refractivity (Wildman–Crippen MR) is 97.7 cm³/mol. The molecule has 4 rings (SSSR count). The van der Waals surface area contributed by atoms with Gasteiger partial charge >= 0.3 is 0 Å². The second-order valence-electron chi connectivity index (χ2n) is 5.50. The number of nitrogens with zero attached hydrogens (tertiary/aromatic N) is 4. The van der Waals surface area contributed by atoms with E-state index in [-0.39, 0.29) is 0 Å². The van der Waals surface area contributed by atoms with Crippen molar-refractivity contribution in [3.8, 4) is 16.9 Å². The maximum atomic E-state index is 6.05. The van der Waals surface area contributed by atoms with Crippen molar-refractivity contribution >= 4 is 17.3 Å². The van der Waals surface area contributed by atoms with E-state index in [0.717, 1.165) is 28.3 Å². The first kappa shape index (κ1) is 15.4. The molecule has 0 radical (unpaired) electrons. The number of aromatic amines is 1. The lowest BCUT2D eigenvalue weighted by Gasteiger charge is -2.09. The molecule has 0 saturated carbocycles. The maximum absolute atomic E-state index is 6.05. The molecule has 0 unspecified atom stereocenters. The Morgan fingerprint density at radius 2 is 2.04 bits per heavy atom. The molecular formula is C18H15ClN6. The number of benzene rings is 2. The zero-order valence-corrected chi connectivity index (χ0v) is 14.0. The summed E-state index contributed by atoms with van der Waals surface area (Å²) in [6, 6.07) is 15.5. The van der Waals surface area contributed by atoms with Gasteiger partial charge in [-0.2, -0.15) is 0 Å². The molecule has 7 heteroatoms. The number of H-pyrrole nitrogens is 1. The van der Waals surface area contributed by atoms with Gasteiger partial charge in [0.15, 0.2) is 0 Å². The monoisotopic (exact) mass is 350 g/mol. The molecule has 0 bridgehead atoms. The highest BCUT2D eigenvalue weighted by atomic mass is 35.5. The number of hydrogen-bond donors (Lipinski definition) is 2. The summed E-state index contributed by atoms with van der Waals surface area (Å²) in [6.45, 7) is 0.652. The second-order valence-corrected chi connectivity index (χ2v) is 5.94. The normalized spacial score (nSPS) is 10.8. The van der Waals surface area contributed by atoms with Gasteiger partial charge in [-0.3, -0.25) is 0 Å². The SMILES string of the molecule is Clc1cccc(-n2cc(-c3ccccc3NCc3cnc[nH]3)nn2)c1. The first-order chi connectivity index (χ1) is 12.3. The highest BCUT2D eigenvalue weighted by molar-refractivity contribution is 6.30. The summed E-state index contributed by atoms with van der Waals surface area (Å²) < 4.78 is 1.72. The van der Waals surface area contributed by atoms with E-state index in [1.54, 1.807) is 17.2 Å². The van der Waals surface area contributed by atoms with Crippen LogP contribution in [0.25, 0.3) is 16.9 Å². The van der Waals surface area contributed by atoms with Gasteiger partial charge in [0, 0.05) is 22.5 Å². The van der Waals surface area contributed by atoms with Crippen LogP contribution >= 0.6 is 11.6 Å². The Kier molecular flexibility index (Phi) is 4.18. The third-order valence-corrected chi connectivity index (χ3v) is 4.03. The van der Waals surface area contributed by atoms with Crippen molar-refractivity contribution in [3.05, 3.63) is 78.0 Å². The van der Waals surface area contributed by atoms with Gasteiger partial charge in [-0.25, -0.2) is 9.67 Å². The molecule has 0 spiro atoms. The van der Waals surface area contributed by atoms with E-state index in [1.165, 1.54) is 0 Å². The number of aromatic nitrogens is 5. The minimum atomic E-state index is 0.652. The van der Waals surface area contributed by atoms with E-state index in [0.29, 0.717) is 11.6 Å². The van der Waals surface area contributed by atoms with Gasteiger partial charge in [0.25, 0.3) is 0 Å². The Labute approximate surface area is 149 Å². The summed E-state index contributed by atoms with van der Waals surface area (Å²) in [4.78, 5) is 7.11. The van der Waals surface area contributed by atoms with Crippen molar-refractivity contribution in [1.82, 2.24) is 25.0 Å². The summed E-state index contributed by atoms with van der Waals surface area (Å²) in [7, 11) is 0. The van der Waals surface area contributed by atoms with Crippen LogP contribution in [0.5, 0.6) is 0 Å². The highest BCUT2D eigenvalue weighted by Crippen LogP contribution is 2.27. The number of para-hydroxylation sites is 1. The Morgan fingerprint density at radius 1 is 1.12 bits per heavy atom. The van der Waals surface area contributed by atoms with Gasteiger partial charge in [0.1, 0.15) is 5.69 Å². The Balaban J connectivity index is 1.62. The smallest absolute Gasteiger partial charge is 0.115 e. The number of rotatable bonds is 5. The van der Waals surface area contributed by atoms with E-state index in [1.807, 2.05) is 54.7 Å². The topological polar surface area (TPSA) is 71.4 Å². The molecule has 2 N–H and O–H groups in total. The van der Waals surface area contributed by atoms with Crippen LogP contribution in [0.1, 0.15) is 5.69 Å². The van der Waals surface area contributed by atoms with E-state index in [4.69, 9.17) is 11.6 Å². The third kappa shape index (κ3) is 3.39. The standard InChI is InChI=1S/C18H15ClN6/c19-13-4-3-5-15(8-13)25-11-18(23-24-25)16-6-1-2-7-17(16)21-10-14-9-20-12-22-14/h1-9,11-12,21H,10H2,(H,20,22). The predicted octanol–water partition coefficient (Wildman–Crippen LogP) is 3.92. The van der Waals surface area contributed by atoms with Crippen LogP contribution in [0.4, 0.5) is 5.69 Å². The highest BCUT2D eigenvalue weighted by Gasteiger charge is 2.10. The summed E-state index contributed by atoms with van der Waals surface area (Å²) in [5.74, 6) is 0. The lowest BCUT2D eigenvalue weighted by Crippen LogP contribution is -2.01. The van der Waals surface area contributed by atoms with Crippen molar-refractivity contribution < 1.29 is 0 Å². The fraction of sp³-hybridized carbons (Fsp3) is 0.0556. The number of nitrogens with one attached hydrogen (secondary N) is 2. The van der Waals surface area contributed by atoms with Gasteiger partial charge in [-0.1, -0.05) is 41.1 Å². The van der Waals surface area contributed by atoms with Gasteiger partial charge < -0.3 is 10.3 Å². The van der Waals surface area contributed by atoms with Crippen molar-refractivity contribution in [1.29, 1.82) is 0 Å². The third-order valence-electron chi connectivity index (χ3n) is 3.79. The number of hydrogen-bond acceptors (Lipinski definition) is 4. The average Bonchev–Trinajstić information content (AvgIpc) is 3.32. The zero-order valence-electron chi connectivity index (χ0n) is 13.2. The minimum Gasteiger partial charge on any atom is -0.379 e. The van der Waals surface area contributed by atoms with Crippen LogP contribution in [-0.4, -0.2) is 25.0 Å². The molecule has 0 aliphatic rings. The summed E-state index contributed by atoms with van der Waals surface area (Å²) >= 11 is 6.05. The van der Waals surface area contributed by atoms with Crippen molar-refractivity contribution in [2.24, 2.45) is 0 Å². The van der Waals surface area contributed by atoms with Gasteiger partial charge in [-0.05, 0) is 24.3 Å². The Morgan fingerprint density at radius 3 is 2.88 bits per heavy atom. The Hall–Kier alpha value is -3.12. The van der Waals surface area contributed by atoms with Crippen molar-refractivity contribution in [2.75, 3.05) is 5.32 Å². The maximum Gasteiger partial charge on any atom is 0.115 e. The van der Waals surface area contributed by atoms with Crippen molar-refractivity contribution in [3.63, 3.8) is 0 Å². The summed E-state index contributed by atoms with van der Waals surface area (Å²) in [5.41, 5.74) is 4.63. The van der Waals surface area contributed by atoms with Crippen molar-refractivity contribution in [2.45, 2.75) is 6.54 Å². The quantitative estimate of drug-likeness (QED) is 0.572. The molecule has 6 nitrogen and oxygen atoms in total. The van der Waals surface area contributed by atoms with Gasteiger partial charge in [-0.15, -0.1) is 5.10 Å². The van der Waals surface area contributed by atoms with Crippen LogP contribution in [0.3, 0.4) is 0 Å². The summed E-state index contributed by atoms with van der Waals surface area (Å²) in [5, 5.41) is 12.6. The molecule has 0 fully saturated rings. The van der Waals surface area contributed by atoms with E-state index in [2.05, 4.69) is 25.6 Å². The van der Waals surface area contributed by atoms with E-state index < -0.39 is 0 Å². The van der Waals surface area contributed by atoms with Gasteiger partial charge in [0.05, 0.1) is 30.5 Å². The van der Waals surface area contributed by atoms with E-state index in [9.17, 15) is 0 Å². The molecule has 0 atom stereocenters. The van der Waals surface area contributed by atoms with Crippen LogP contribution < -0.4 is 5.32 Å². The number of halogens is 1. The molecule has 0 aliphatic carbocycles. The lowest BCUT2D eigenvalue weighted by molar-refractivity contribution is 0.804. The first-order valence-electron chi connectivity index (χ1n) is 7.78. The van der Waals surface area contributed by atoms with Crippen LogP contribution in [0, 0.1) is 0 Å². The van der Waals surface area contributed by atoms with Crippen LogP contribution in [0.15, 0.2) is 67.3 Å². The molecule has 2 heterocycles. The molecule has 0 amide bonds. The second kappa shape index (κ2) is 6.78. The molecule has 2 aromatic heterocycles. The average molecular weight is 351 g/mol. The fourth-order valence-corrected chi connectivity index (χ4v) is 2.75. The molecule has 2 aromatic carbocycles. The molecule has 0 saturated heterocycles. The molecule has 0 aliphatic heterocycles. The molecule has 124 valence electrons. The van der Waals surface area contributed by atoms with Crippen LogP contribution in [-0.2, 0) is 6.54 Å². The number of anilines is 1. The zero-order chi connectivity index (χ0) is 17.1. The summed E-state index contributed by atoms with van der Waals surface area (Å²) in [6.07, 6.45) is 5.35. The van der Waals surface area contributed by atoms with Gasteiger partial charge in [0.2, 0.25) is 0 Å². The molecular weight excluding hydrogens is 336 g/mol. The lowest BCUT2D eigenvalue weighted by atomic mass is 10.1. The molecule has 25 heavy (non-hydrogen) atoms. The number of imidazole rings is 1. The Bertz CT molecular complexity index is 977. The van der Waals surface area contributed by atoms with Crippen LogP contribution in [0.2, 0.25) is 5.02 Å². The fourth-order valence-electron chi connectivity index (χ4n) is 2.56. The minimum absolute atomic E-state index is 0.652. The largest absolute Gasteiger partial charge is 0.379 e. The first-order valence-corrected chi connectivity index (χ1v) is 8.16. The molecule has 4 aromatic rings. The van der Waals surface area contributed by atoms with E-state index >= 15 is 0 Å².